The van der Waals surface area contributed by atoms with Crippen LogP contribution in [0.5, 0.6) is 0 Å². The highest BCUT2D eigenvalue weighted by Crippen LogP contribution is 2.13. The zero-order chi connectivity index (χ0) is 17.4. The number of hydrazine groups is 1. The number of nitrogens with two attached hydrogens (primary N) is 1. The van der Waals surface area contributed by atoms with Gasteiger partial charge in [0.05, 0.1) is 6.42 Å². The van der Waals surface area contributed by atoms with Gasteiger partial charge in [-0.15, -0.1) is 0 Å². The van der Waals surface area contributed by atoms with Crippen molar-refractivity contribution in [3.63, 3.8) is 0 Å². The van der Waals surface area contributed by atoms with Crippen LogP contribution < -0.4 is 16.2 Å². The standard InChI is InChI=1S/C19H26N4O/c1-3-23(4-2)18-7-5-6-17(21-18)13-12-15-8-10-16(11-9-15)14-19(24)22-20/h5-11H,3-4,12-14,20H2,1-2H3,(H,22,24). The Bertz CT molecular complexity index is 651. The van der Waals surface area contributed by atoms with Crippen molar-refractivity contribution in [1.82, 2.24) is 10.4 Å². The number of nitrogens with one attached hydrogen (secondary N) is 1. The summed E-state index contributed by atoms with van der Waals surface area (Å²) in [6.45, 7) is 6.21. The zero-order valence-electron chi connectivity index (χ0n) is 14.5. The van der Waals surface area contributed by atoms with Crippen molar-refractivity contribution in [2.24, 2.45) is 5.84 Å². The lowest BCUT2D eigenvalue weighted by Crippen LogP contribution is -2.31. The molecule has 0 unspecified atom stereocenters. The predicted molar refractivity (Wildman–Crippen MR) is 97.7 cm³/mol. The van der Waals surface area contributed by atoms with Gasteiger partial charge in [0.1, 0.15) is 5.82 Å². The fraction of sp³-hybridized carbons (Fsp3) is 0.368. The van der Waals surface area contributed by atoms with E-state index in [1.54, 1.807) is 0 Å². The maximum absolute atomic E-state index is 11.3. The van der Waals surface area contributed by atoms with E-state index < -0.39 is 0 Å². The third kappa shape index (κ3) is 5.06. The number of aryl methyl sites for hydroxylation is 2. The van der Waals surface area contributed by atoms with Gasteiger partial charge < -0.3 is 4.90 Å². The lowest BCUT2D eigenvalue weighted by molar-refractivity contribution is -0.120. The van der Waals surface area contributed by atoms with Gasteiger partial charge in [0.2, 0.25) is 5.91 Å². The van der Waals surface area contributed by atoms with E-state index in [2.05, 4.69) is 54.5 Å². The Labute approximate surface area is 143 Å². The number of carbonyl (C=O) groups excluding carboxylic acids is 1. The maximum atomic E-state index is 11.3. The van der Waals surface area contributed by atoms with Gasteiger partial charge in [-0.1, -0.05) is 30.3 Å². The normalized spacial score (nSPS) is 10.5. The summed E-state index contributed by atoms with van der Waals surface area (Å²) in [6.07, 6.45) is 2.14. The molecular weight excluding hydrogens is 300 g/mol. The lowest BCUT2D eigenvalue weighted by Gasteiger charge is -2.20. The first-order valence-corrected chi connectivity index (χ1v) is 8.44. The molecule has 0 fully saturated rings. The molecule has 0 bridgehead atoms. The van der Waals surface area contributed by atoms with Gasteiger partial charge in [-0.2, -0.15) is 0 Å². The van der Waals surface area contributed by atoms with Gasteiger partial charge in [-0.25, -0.2) is 10.8 Å². The Morgan fingerprint density at radius 1 is 1.04 bits per heavy atom. The average Bonchev–Trinajstić information content (AvgIpc) is 2.62. The first-order valence-electron chi connectivity index (χ1n) is 8.44. The van der Waals surface area contributed by atoms with Crippen LogP contribution in [0.15, 0.2) is 42.5 Å². The van der Waals surface area contributed by atoms with Crippen molar-refractivity contribution in [1.29, 1.82) is 0 Å². The van der Waals surface area contributed by atoms with E-state index >= 15 is 0 Å². The fourth-order valence-corrected chi connectivity index (χ4v) is 2.66. The van der Waals surface area contributed by atoms with Gasteiger partial charge in [0, 0.05) is 18.8 Å². The third-order valence-corrected chi connectivity index (χ3v) is 4.10. The Kier molecular flexibility index (Phi) is 6.75. The maximum Gasteiger partial charge on any atom is 0.238 e. The summed E-state index contributed by atoms with van der Waals surface area (Å²) in [5, 5.41) is 0. The van der Waals surface area contributed by atoms with Gasteiger partial charge in [0.15, 0.2) is 0 Å². The molecule has 0 aliphatic heterocycles. The summed E-state index contributed by atoms with van der Waals surface area (Å²) in [5.74, 6) is 5.97. The average molecular weight is 326 g/mol. The highest BCUT2D eigenvalue weighted by atomic mass is 16.2. The third-order valence-electron chi connectivity index (χ3n) is 4.10. The number of carbonyl (C=O) groups is 1. The minimum absolute atomic E-state index is 0.180. The monoisotopic (exact) mass is 326 g/mol. The molecule has 0 spiro atoms. The number of hydrogen-bond donors (Lipinski definition) is 2. The largest absolute Gasteiger partial charge is 0.357 e. The number of amides is 1. The number of pyridine rings is 1. The van der Waals surface area contributed by atoms with E-state index in [-0.39, 0.29) is 5.91 Å². The molecule has 0 saturated heterocycles. The zero-order valence-corrected chi connectivity index (χ0v) is 14.5. The van der Waals surface area contributed by atoms with Crippen LogP contribution in [0.25, 0.3) is 0 Å². The van der Waals surface area contributed by atoms with Crippen molar-refractivity contribution in [2.75, 3.05) is 18.0 Å². The molecule has 2 rings (SSSR count). The van der Waals surface area contributed by atoms with E-state index in [1.807, 2.05) is 12.1 Å². The number of aromatic nitrogens is 1. The molecule has 3 N–H and O–H groups in total. The Morgan fingerprint density at radius 3 is 2.33 bits per heavy atom. The van der Waals surface area contributed by atoms with Crippen molar-refractivity contribution in [3.05, 3.63) is 59.3 Å². The second-order valence-electron chi connectivity index (χ2n) is 5.72. The Hall–Kier alpha value is -2.40. The molecule has 1 amide bonds. The van der Waals surface area contributed by atoms with Gasteiger partial charge in [-0.05, 0) is 49.9 Å². The van der Waals surface area contributed by atoms with E-state index in [0.717, 1.165) is 43.0 Å². The van der Waals surface area contributed by atoms with Crippen LogP contribution in [0, 0.1) is 0 Å². The summed E-state index contributed by atoms with van der Waals surface area (Å²) in [6, 6.07) is 14.3. The molecular formula is C19H26N4O. The molecule has 1 heterocycles. The second-order valence-corrected chi connectivity index (χ2v) is 5.72. The van der Waals surface area contributed by atoms with Crippen LogP contribution >= 0.6 is 0 Å². The topological polar surface area (TPSA) is 71.2 Å². The lowest BCUT2D eigenvalue weighted by atomic mass is 10.0. The minimum Gasteiger partial charge on any atom is -0.357 e. The van der Waals surface area contributed by atoms with Crippen LogP contribution in [0.2, 0.25) is 0 Å². The number of rotatable bonds is 8. The molecule has 0 saturated carbocycles. The predicted octanol–water partition coefficient (Wildman–Crippen LogP) is 2.25. The van der Waals surface area contributed by atoms with E-state index in [4.69, 9.17) is 10.8 Å². The summed E-state index contributed by atoms with van der Waals surface area (Å²) in [4.78, 5) is 18.3. The van der Waals surface area contributed by atoms with Gasteiger partial charge >= 0.3 is 0 Å². The summed E-state index contributed by atoms with van der Waals surface area (Å²) in [7, 11) is 0. The van der Waals surface area contributed by atoms with Crippen LogP contribution in [-0.4, -0.2) is 24.0 Å². The van der Waals surface area contributed by atoms with Gasteiger partial charge in [-0.3, -0.25) is 10.2 Å². The fourth-order valence-electron chi connectivity index (χ4n) is 2.66. The van der Waals surface area contributed by atoms with Crippen molar-refractivity contribution >= 4 is 11.7 Å². The van der Waals surface area contributed by atoms with Crippen LogP contribution in [0.1, 0.15) is 30.7 Å². The Balaban J connectivity index is 1.95. The number of benzene rings is 1. The molecule has 24 heavy (non-hydrogen) atoms. The molecule has 0 aliphatic carbocycles. The molecule has 5 nitrogen and oxygen atoms in total. The van der Waals surface area contributed by atoms with Crippen LogP contribution in [0.4, 0.5) is 5.82 Å². The molecule has 0 radical (unpaired) electrons. The number of nitrogens with zero attached hydrogens (tertiary/aromatic N) is 2. The van der Waals surface area contributed by atoms with E-state index in [1.165, 1.54) is 5.56 Å². The highest BCUT2D eigenvalue weighted by Gasteiger charge is 2.05. The first kappa shape index (κ1) is 17.9. The molecule has 2 aromatic rings. The smallest absolute Gasteiger partial charge is 0.238 e. The Morgan fingerprint density at radius 2 is 1.71 bits per heavy atom. The van der Waals surface area contributed by atoms with Crippen LogP contribution in [-0.2, 0) is 24.1 Å². The molecule has 0 atom stereocenters. The summed E-state index contributed by atoms with van der Waals surface area (Å²) < 4.78 is 0. The molecule has 5 heteroatoms. The number of hydrogen-bond acceptors (Lipinski definition) is 4. The van der Waals surface area contributed by atoms with E-state index in [9.17, 15) is 4.79 Å². The van der Waals surface area contributed by atoms with Crippen molar-refractivity contribution < 1.29 is 4.79 Å². The second kappa shape index (κ2) is 9.03. The van der Waals surface area contributed by atoms with Gasteiger partial charge in [0.25, 0.3) is 0 Å². The summed E-state index contributed by atoms with van der Waals surface area (Å²) in [5.41, 5.74) is 5.45. The molecule has 0 aliphatic rings. The van der Waals surface area contributed by atoms with Crippen molar-refractivity contribution in [2.45, 2.75) is 33.1 Å². The number of anilines is 1. The molecule has 128 valence electrons. The minimum atomic E-state index is -0.180. The first-order chi connectivity index (χ1) is 11.7. The van der Waals surface area contributed by atoms with Crippen LogP contribution in [0.3, 0.4) is 0 Å². The molecule has 1 aromatic heterocycles. The quantitative estimate of drug-likeness (QED) is 0.443. The summed E-state index contributed by atoms with van der Waals surface area (Å²) >= 11 is 0. The van der Waals surface area contributed by atoms with Crippen molar-refractivity contribution in [3.8, 4) is 0 Å². The SMILES string of the molecule is CCN(CC)c1cccc(CCc2ccc(CC(=O)NN)cc2)n1. The van der Waals surface area contributed by atoms with E-state index in [0.29, 0.717) is 6.42 Å². The molecule has 1 aromatic carbocycles. The highest BCUT2D eigenvalue weighted by molar-refractivity contribution is 5.77.